The third-order valence-corrected chi connectivity index (χ3v) is 4.70. The van der Waals surface area contributed by atoms with Crippen molar-refractivity contribution in [3.8, 4) is 0 Å². The molecule has 0 aliphatic rings. The van der Waals surface area contributed by atoms with Crippen LogP contribution in [0.5, 0.6) is 0 Å². The standard InChI is InChI=1S/C16H22O7S.Na.H/c1-3-5-7-10-9-12(15(17)18)14(24(21,22)23)13(16(19)20)11(10)8-6-4-2;;/h9H,3-8H2,1-2H3,(H,17,18)(H,19,20)(H,21,22,23);;. The van der Waals surface area contributed by atoms with E-state index in [1.54, 1.807) is 0 Å². The summed E-state index contributed by atoms with van der Waals surface area (Å²) in [5, 5.41) is 18.8. The molecule has 1 aromatic rings. The normalized spacial score (nSPS) is 11.0. The molecular weight excluding hydrogens is 359 g/mol. The number of hydrogen-bond donors (Lipinski definition) is 3. The maximum atomic E-state index is 11.7. The Labute approximate surface area is 169 Å². The van der Waals surface area contributed by atoms with Gasteiger partial charge in [0.15, 0.2) is 0 Å². The predicted octanol–water partition coefficient (Wildman–Crippen LogP) is 2.37. The van der Waals surface area contributed by atoms with Crippen LogP contribution in [-0.2, 0) is 23.0 Å². The van der Waals surface area contributed by atoms with E-state index in [-0.39, 0.29) is 35.1 Å². The second-order valence-electron chi connectivity index (χ2n) is 5.56. The average molecular weight is 382 g/mol. The number of carboxylic acids is 2. The van der Waals surface area contributed by atoms with Crippen molar-refractivity contribution >= 4 is 51.6 Å². The monoisotopic (exact) mass is 382 g/mol. The van der Waals surface area contributed by atoms with Crippen molar-refractivity contribution in [2.24, 2.45) is 0 Å². The van der Waals surface area contributed by atoms with Gasteiger partial charge in [0.1, 0.15) is 4.90 Å². The summed E-state index contributed by atoms with van der Waals surface area (Å²) in [6.45, 7) is 3.84. The van der Waals surface area contributed by atoms with Crippen LogP contribution in [0, 0.1) is 0 Å². The Hall–Kier alpha value is -0.930. The van der Waals surface area contributed by atoms with Crippen LogP contribution in [0.4, 0.5) is 0 Å². The van der Waals surface area contributed by atoms with Gasteiger partial charge in [-0.1, -0.05) is 26.7 Å². The van der Waals surface area contributed by atoms with Gasteiger partial charge in [0.25, 0.3) is 10.1 Å². The molecular formula is C16H23NaO7S. The third-order valence-electron chi connectivity index (χ3n) is 3.76. The molecule has 0 aromatic heterocycles. The zero-order chi connectivity index (χ0) is 18.5. The third kappa shape index (κ3) is 6.07. The summed E-state index contributed by atoms with van der Waals surface area (Å²) in [7, 11) is -5.00. The Morgan fingerprint density at radius 2 is 1.52 bits per heavy atom. The van der Waals surface area contributed by atoms with Crippen molar-refractivity contribution in [2.45, 2.75) is 57.3 Å². The van der Waals surface area contributed by atoms with Gasteiger partial charge in [-0.3, -0.25) is 4.55 Å². The second kappa shape index (κ2) is 10.3. The van der Waals surface area contributed by atoms with Crippen LogP contribution in [0.15, 0.2) is 11.0 Å². The fourth-order valence-corrected chi connectivity index (χ4v) is 3.53. The van der Waals surface area contributed by atoms with Gasteiger partial charge < -0.3 is 10.2 Å². The summed E-state index contributed by atoms with van der Waals surface area (Å²) >= 11 is 0. The van der Waals surface area contributed by atoms with E-state index >= 15 is 0 Å². The number of unbranched alkanes of at least 4 members (excludes halogenated alkanes) is 2. The number of carbonyl (C=O) groups is 2. The molecule has 7 nitrogen and oxygen atoms in total. The Morgan fingerprint density at radius 3 is 1.92 bits per heavy atom. The predicted molar refractivity (Wildman–Crippen MR) is 94.5 cm³/mol. The van der Waals surface area contributed by atoms with Crippen molar-refractivity contribution in [1.82, 2.24) is 0 Å². The Balaban J connectivity index is 0.00000576. The molecule has 136 valence electrons. The number of rotatable bonds is 9. The van der Waals surface area contributed by atoms with Crippen molar-refractivity contribution < 1.29 is 32.8 Å². The van der Waals surface area contributed by atoms with Crippen molar-refractivity contribution in [2.75, 3.05) is 0 Å². The molecule has 0 radical (unpaired) electrons. The summed E-state index contributed by atoms with van der Waals surface area (Å²) in [6.07, 6.45) is 3.66. The van der Waals surface area contributed by atoms with Crippen molar-refractivity contribution in [3.05, 3.63) is 28.3 Å². The summed E-state index contributed by atoms with van der Waals surface area (Å²) in [6, 6.07) is 1.18. The van der Waals surface area contributed by atoms with E-state index in [2.05, 4.69) is 0 Å². The molecule has 25 heavy (non-hydrogen) atoms. The van der Waals surface area contributed by atoms with E-state index in [0.29, 0.717) is 31.2 Å². The van der Waals surface area contributed by atoms with Crippen LogP contribution >= 0.6 is 0 Å². The van der Waals surface area contributed by atoms with Crippen LogP contribution in [0.2, 0.25) is 0 Å². The van der Waals surface area contributed by atoms with Gasteiger partial charge in [0.05, 0.1) is 11.1 Å². The zero-order valence-corrected chi connectivity index (χ0v) is 14.5. The molecule has 1 aromatic carbocycles. The van der Waals surface area contributed by atoms with Crippen LogP contribution in [0.3, 0.4) is 0 Å². The molecule has 0 fully saturated rings. The van der Waals surface area contributed by atoms with E-state index in [9.17, 15) is 32.8 Å². The van der Waals surface area contributed by atoms with Crippen molar-refractivity contribution in [1.29, 1.82) is 0 Å². The topological polar surface area (TPSA) is 129 Å². The van der Waals surface area contributed by atoms with Crippen molar-refractivity contribution in [3.63, 3.8) is 0 Å². The summed E-state index contributed by atoms with van der Waals surface area (Å²) in [5.74, 6) is -3.15. The average Bonchev–Trinajstić information content (AvgIpc) is 2.48. The summed E-state index contributed by atoms with van der Waals surface area (Å²) in [4.78, 5) is 22.1. The molecule has 1 rings (SSSR count). The molecule has 0 aliphatic heterocycles. The van der Waals surface area contributed by atoms with Crippen LogP contribution in [-0.4, -0.2) is 64.7 Å². The van der Waals surface area contributed by atoms with Gasteiger partial charge in [0, 0.05) is 0 Å². The summed E-state index contributed by atoms with van der Waals surface area (Å²) < 4.78 is 32.7. The molecule has 0 saturated heterocycles. The first-order valence-corrected chi connectivity index (χ1v) is 9.21. The van der Waals surface area contributed by atoms with Gasteiger partial charge in [-0.25, -0.2) is 9.59 Å². The molecule has 0 saturated carbocycles. The summed E-state index contributed by atoms with van der Waals surface area (Å²) in [5.41, 5.74) is -0.541. The molecule has 0 atom stereocenters. The van der Waals surface area contributed by atoms with Gasteiger partial charge >= 0.3 is 41.5 Å². The molecule has 3 N–H and O–H groups in total. The maximum absolute atomic E-state index is 11.7. The van der Waals surface area contributed by atoms with E-state index in [0.717, 1.165) is 12.8 Å². The first-order chi connectivity index (χ1) is 11.1. The van der Waals surface area contributed by atoms with Crippen LogP contribution in [0.25, 0.3) is 0 Å². The minimum absolute atomic E-state index is 0. The molecule has 0 aliphatic carbocycles. The Bertz CT molecular complexity index is 741. The quantitative estimate of drug-likeness (QED) is 0.442. The molecule has 0 amide bonds. The fourth-order valence-electron chi connectivity index (χ4n) is 2.64. The second-order valence-corrected chi connectivity index (χ2v) is 6.92. The van der Waals surface area contributed by atoms with E-state index < -0.39 is 38.1 Å². The fraction of sp³-hybridized carbons (Fsp3) is 0.500. The van der Waals surface area contributed by atoms with Gasteiger partial charge in [-0.2, -0.15) is 8.42 Å². The van der Waals surface area contributed by atoms with E-state index in [1.807, 2.05) is 13.8 Å². The van der Waals surface area contributed by atoms with Gasteiger partial charge in [-0.15, -0.1) is 0 Å². The zero-order valence-electron chi connectivity index (χ0n) is 13.7. The number of aryl methyl sites for hydroxylation is 1. The first-order valence-electron chi connectivity index (χ1n) is 7.77. The van der Waals surface area contributed by atoms with Crippen LogP contribution < -0.4 is 0 Å². The van der Waals surface area contributed by atoms with Gasteiger partial charge in [-0.05, 0) is 42.9 Å². The molecule has 0 spiro atoms. The first kappa shape index (κ1) is 24.1. The minimum atomic E-state index is -5.00. The van der Waals surface area contributed by atoms with E-state index in [4.69, 9.17) is 0 Å². The number of hydrogen-bond acceptors (Lipinski definition) is 4. The van der Waals surface area contributed by atoms with Crippen LogP contribution in [0.1, 0.15) is 71.4 Å². The number of benzene rings is 1. The molecule has 0 unspecified atom stereocenters. The van der Waals surface area contributed by atoms with E-state index in [1.165, 1.54) is 6.07 Å². The molecule has 0 bridgehead atoms. The van der Waals surface area contributed by atoms with Gasteiger partial charge in [0.2, 0.25) is 0 Å². The SMILES string of the molecule is CCCCc1cc(C(=O)O)c(S(=O)(=O)O)c(C(=O)O)c1CCCC.[NaH]. The number of carboxylic acid groups (broad SMARTS) is 2. The molecule has 0 heterocycles. The Morgan fingerprint density at radius 1 is 1.00 bits per heavy atom. The molecule has 9 heteroatoms. The Kier molecular flexibility index (Phi) is 9.89. The number of aromatic carboxylic acids is 2.